The summed E-state index contributed by atoms with van der Waals surface area (Å²) in [5, 5.41) is 5.89. The molecule has 0 spiro atoms. The van der Waals surface area contributed by atoms with Gasteiger partial charge in [-0.1, -0.05) is 17.7 Å². The average Bonchev–Trinajstić information content (AvgIpc) is 2.65. The van der Waals surface area contributed by atoms with E-state index in [9.17, 15) is 4.79 Å². The normalized spacial score (nSPS) is 15.6. The summed E-state index contributed by atoms with van der Waals surface area (Å²) in [5.74, 6) is 1.23. The number of piperidine rings is 1. The molecule has 0 radical (unpaired) electrons. The van der Waals surface area contributed by atoms with Crippen LogP contribution in [0.3, 0.4) is 0 Å². The molecule has 1 aliphatic rings. The summed E-state index contributed by atoms with van der Waals surface area (Å²) in [6.07, 6.45) is 3.56. The lowest BCUT2D eigenvalue weighted by Gasteiger charge is -2.34. The molecule has 0 aliphatic carbocycles. The Morgan fingerprint density at radius 1 is 1.15 bits per heavy atom. The molecule has 144 valence electrons. The van der Waals surface area contributed by atoms with Gasteiger partial charge in [0.25, 0.3) is 0 Å². The van der Waals surface area contributed by atoms with Crippen LogP contribution in [-0.2, 0) is 0 Å². The van der Waals surface area contributed by atoms with Crippen LogP contribution < -0.4 is 15.4 Å². The fourth-order valence-corrected chi connectivity index (χ4v) is 3.15. The number of ether oxygens (including phenoxy) is 1. The molecule has 2 N–H and O–H groups in total. The molecule has 27 heavy (non-hydrogen) atoms. The van der Waals surface area contributed by atoms with Crippen molar-refractivity contribution in [3.63, 3.8) is 0 Å². The van der Waals surface area contributed by atoms with Crippen molar-refractivity contribution in [1.29, 1.82) is 0 Å². The molecule has 6 nitrogen and oxygen atoms in total. The van der Waals surface area contributed by atoms with E-state index in [0.717, 1.165) is 31.7 Å². The number of carbonyl (C=O) groups excluding carboxylic acids is 1. The lowest BCUT2D eigenvalue weighted by Crippen LogP contribution is -2.47. The summed E-state index contributed by atoms with van der Waals surface area (Å²) in [6.45, 7) is 8.49. The fraction of sp³-hybridized carbons (Fsp3) is 0.429. The number of aromatic nitrogens is 1. The maximum atomic E-state index is 12.2. The van der Waals surface area contributed by atoms with Gasteiger partial charge in [-0.05, 0) is 51.8 Å². The van der Waals surface area contributed by atoms with Gasteiger partial charge in [-0.15, -0.1) is 0 Å². The minimum Gasteiger partial charge on any atom is -0.439 e. The van der Waals surface area contributed by atoms with E-state index in [2.05, 4.69) is 34.4 Å². The average molecular weight is 368 g/mol. The summed E-state index contributed by atoms with van der Waals surface area (Å²) in [5.41, 5.74) is 1.82. The van der Waals surface area contributed by atoms with Crippen molar-refractivity contribution in [2.24, 2.45) is 0 Å². The first-order chi connectivity index (χ1) is 13.0. The molecule has 2 heterocycles. The molecular formula is C21H28N4O2. The van der Waals surface area contributed by atoms with Gasteiger partial charge in [-0.3, -0.25) is 0 Å². The molecule has 1 aromatic heterocycles. The molecule has 1 fully saturated rings. The van der Waals surface area contributed by atoms with Crippen LogP contribution in [0.15, 0.2) is 42.6 Å². The van der Waals surface area contributed by atoms with E-state index in [4.69, 9.17) is 4.74 Å². The Labute approximate surface area is 160 Å². The van der Waals surface area contributed by atoms with Gasteiger partial charge >= 0.3 is 6.03 Å². The number of hydrogen-bond acceptors (Lipinski definition) is 4. The van der Waals surface area contributed by atoms with E-state index >= 15 is 0 Å². The van der Waals surface area contributed by atoms with Gasteiger partial charge in [-0.2, -0.15) is 0 Å². The molecule has 0 saturated carbocycles. The van der Waals surface area contributed by atoms with Crippen LogP contribution >= 0.6 is 0 Å². The van der Waals surface area contributed by atoms with Crippen LogP contribution in [0.4, 0.5) is 10.5 Å². The smallest absolute Gasteiger partial charge is 0.319 e. The third-order valence-electron chi connectivity index (χ3n) is 4.83. The third kappa shape index (κ3) is 5.69. The molecule has 1 aliphatic heterocycles. The number of nitrogens with zero attached hydrogens (tertiary/aromatic N) is 2. The van der Waals surface area contributed by atoms with Crippen LogP contribution in [0.5, 0.6) is 11.6 Å². The quantitative estimate of drug-likeness (QED) is 0.831. The summed E-state index contributed by atoms with van der Waals surface area (Å²) in [4.78, 5) is 18.9. The first kappa shape index (κ1) is 19.2. The number of urea groups is 1. The monoisotopic (exact) mass is 368 g/mol. The molecule has 0 bridgehead atoms. The van der Waals surface area contributed by atoms with E-state index in [-0.39, 0.29) is 12.1 Å². The number of likely N-dealkylation sites (tertiary alicyclic amines) is 1. The van der Waals surface area contributed by atoms with Crippen molar-refractivity contribution in [3.8, 4) is 11.6 Å². The summed E-state index contributed by atoms with van der Waals surface area (Å²) in [6, 6.07) is 11.9. The van der Waals surface area contributed by atoms with Crippen molar-refractivity contribution in [1.82, 2.24) is 15.2 Å². The van der Waals surface area contributed by atoms with Crippen molar-refractivity contribution < 1.29 is 9.53 Å². The zero-order chi connectivity index (χ0) is 19.2. The van der Waals surface area contributed by atoms with Gasteiger partial charge in [0.2, 0.25) is 5.88 Å². The van der Waals surface area contributed by atoms with E-state index in [0.29, 0.717) is 17.6 Å². The van der Waals surface area contributed by atoms with E-state index in [1.54, 1.807) is 18.3 Å². The largest absolute Gasteiger partial charge is 0.439 e. The van der Waals surface area contributed by atoms with E-state index in [1.807, 2.05) is 31.2 Å². The van der Waals surface area contributed by atoms with Crippen LogP contribution in [-0.4, -0.2) is 41.1 Å². The van der Waals surface area contributed by atoms with Crippen molar-refractivity contribution >= 4 is 11.7 Å². The van der Waals surface area contributed by atoms with Crippen LogP contribution in [0.1, 0.15) is 32.3 Å². The number of aryl methyl sites for hydroxylation is 1. The second-order valence-corrected chi connectivity index (χ2v) is 7.30. The lowest BCUT2D eigenvalue weighted by atomic mass is 10.0. The molecule has 2 amide bonds. The highest BCUT2D eigenvalue weighted by atomic mass is 16.5. The molecule has 1 saturated heterocycles. The zero-order valence-corrected chi connectivity index (χ0v) is 16.2. The van der Waals surface area contributed by atoms with E-state index in [1.165, 1.54) is 5.56 Å². The number of benzene rings is 1. The summed E-state index contributed by atoms with van der Waals surface area (Å²) < 4.78 is 5.70. The Balaban J connectivity index is 1.46. The number of hydrogen-bond donors (Lipinski definition) is 2. The maximum absolute atomic E-state index is 12.2. The predicted octanol–water partition coefficient (Wildman–Crippen LogP) is 4.18. The highest BCUT2D eigenvalue weighted by Gasteiger charge is 2.21. The zero-order valence-electron chi connectivity index (χ0n) is 16.2. The van der Waals surface area contributed by atoms with Crippen molar-refractivity contribution in [2.45, 2.75) is 45.7 Å². The fourth-order valence-electron chi connectivity index (χ4n) is 3.15. The van der Waals surface area contributed by atoms with Gasteiger partial charge < -0.3 is 20.3 Å². The van der Waals surface area contributed by atoms with Gasteiger partial charge in [0, 0.05) is 31.2 Å². The molecule has 2 aromatic rings. The Morgan fingerprint density at radius 2 is 1.85 bits per heavy atom. The number of amides is 2. The number of pyridine rings is 1. The molecule has 3 rings (SSSR count). The second kappa shape index (κ2) is 8.86. The maximum Gasteiger partial charge on any atom is 0.319 e. The Morgan fingerprint density at radius 3 is 2.44 bits per heavy atom. The minimum absolute atomic E-state index is 0.188. The van der Waals surface area contributed by atoms with Crippen molar-refractivity contribution in [3.05, 3.63) is 48.2 Å². The van der Waals surface area contributed by atoms with Gasteiger partial charge in [0.1, 0.15) is 5.75 Å². The molecule has 0 unspecified atom stereocenters. The topological polar surface area (TPSA) is 66.5 Å². The molecule has 0 atom stereocenters. The Hall–Kier alpha value is -2.60. The first-order valence-electron chi connectivity index (χ1n) is 9.52. The summed E-state index contributed by atoms with van der Waals surface area (Å²) >= 11 is 0. The van der Waals surface area contributed by atoms with Gasteiger partial charge in [-0.25, -0.2) is 9.78 Å². The highest BCUT2D eigenvalue weighted by Crippen LogP contribution is 2.21. The number of carbonyl (C=O) groups is 1. The SMILES string of the molecule is Cc1ccc(Oc2ccc(NC(=O)NC3CCN(C(C)C)CC3)cn2)cc1. The number of anilines is 1. The molecule has 1 aromatic carbocycles. The van der Waals surface area contributed by atoms with Crippen LogP contribution in [0.25, 0.3) is 0 Å². The number of nitrogens with one attached hydrogen (secondary N) is 2. The first-order valence-corrected chi connectivity index (χ1v) is 9.52. The third-order valence-corrected chi connectivity index (χ3v) is 4.83. The molecule has 6 heteroatoms. The standard InChI is InChI=1S/C21H28N4O2/c1-15(2)25-12-10-17(11-13-25)23-21(26)24-18-6-9-20(22-14-18)27-19-7-4-16(3)5-8-19/h4-9,14-15,17H,10-13H2,1-3H3,(H2,23,24,26). The Bertz CT molecular complexity index is 736. The van der Waals surface area contributed by atoms with Crippen LogP contribution in [0.2, 0.25) is 0 Å². The minimum atomic E-state index is -0.188. The van der Waals surface area contributed by atoms with Crippen molar-refractivity contribution in [2.75, 3.05) is 18.4 Å². The second-order valence-electron chi connectivity index (χ2n) is 7.30. The van der Waals surface area contributed by atoms with Gasteiger partial charge in [0.15, 0.2) is 0 Å². The highest BCUT2D eigenvalue weighted by molar-refractivity contribution is 5.89. The Kier molecular flexibility index (Phi) is 6.29. The van der Waals surface area contributed by atoms with Gasteiger partial charge in [0.05, 0.1) is 11.9 Å². The predicted molar refractivity (Wildman–Crippen MR) is 107 cm³/mol. The number of rotatable bonds is 5. The van der Waals surface area contributed by atoms with E-state index < -0.39 is 0 Å². The summed E-state index contributed by atoms with van der Waals surface area (Å²) in [7, 11) is 0. The molecular weight excluding hydrogens is 340 g/mol. The lowest BCUT2D eigenvalue weighted by molar-refractivity contribution is 0.163. The van der Waals surface area contributed by atoms with Crippen LogP contribution in [0, 0.1) is 6.92 Å².